The Morgan fingerprint density at radius 2 is 1.93 bits per heavy atom. The lowest BCUT2D eigenvalue weighted by Gasteiger charge is -2.21. The molecule has 4 aromatic rings. The molecular formula is C31H33N7O2. The summed E-state index contributed by atoms with van der Waals surface area (Å²) >= 11 is 0. The molecular weight excluding hydrogens is 502 g/mol. The zero-order valence-electron chi connectivity index (χ0n) is 22.5. The van der Waals surface area contributed by atoms with Gasteiger partial charge in [0.2, 0.25) is 0 Å². The highest BCUT2D eigenvalue weighted by Gasteiger charge is 2.26. The second-order valence-corrected chi connectivity index (χ2v) is 10.5. The third-order valence-corrected chi connectivity index (χ3v) is 7.70. The van der Waals surface area contributed by atoms with Crippen molar-refractivity contribution in [1.82, 2.24) is 24.6 Å². The van der Waals surface area contributed by atoms with Crippen LogP contribution >= 0.6 is 0 Å². The molecule has 9 heteroatoms. The Bertz CT molecular complexity index is 1680. The Morgan fingerprint density at radius 1 is 1.12 bits per heavy atom. The van der Waals surface area contributed by atoms with E-state index in [9.17, 15) is 9.59 Å². The number of carbonyl (C=O) groups excluding carboxylic acids is 1. The molecule has 1 atom stereocenters. The van der Waals surface area contributed by atoms with Gasteiger partial charge in [-0.05, 0) is 55.5 Å². The Labute approximate surface area is 232 Å². The van der Waals surface area contributed by atoms with Crippen molar-refractivity contribution in [3.8, 4) is 5.69 Å². The molecule has 2 aromatic heterocycles. The van der Waals surface area contributed by atoms with Gasteiger partial charge in [0.25, 0.3) is 11.5 Å². The van der Waals surface area contributed by atoms with E-state index < -0.39 is 11.9 Å². The van der Waals surface area contributed by atoms with Gasteiger partial charge in [-0.15, -0.1) is 5.10 Å². The number of allylic oxidation sites excluding steroid dienone is 1. The molecule has 1 saturated carbocycles. The molecule has 0 saturated heterocycles. The lowest BCUT2D eigenvalue weighted by Crippen LogP contribution is -2.34. The lowest BCUT2D eigenvalue weighted by molar-refractivity contribution is 0.0939. The molecule has 2 aliphatic rings. The first-order valence-electron chi connectivity index (χ1n) is 13.9. The predicted octanol–water partition coefficient (Wildman–Crippen LogP) is 5.15. The standard InChI is InChI=1S/C31H33N7O2/c1-20(34-30(39)26-27(32)36-37-19-9-18-33-29(26)37)28-35-24-15-8-12-22(17-16-21-10-4-2-5-11-21)25(24)31(40)38(28)23-13-6-3-7-14-23/h3,6-9,12-17,19-21,33H,2,4-5,10-11,18H2,1H3,(H2,32,36)(H,34,39)/b17-16+. The van der Waals surface area contributed by atoms with Gasteiger partial charge in [0.1, 0.15) is 17.2 Å². The van der Waals surface area contributed by atoms with Gasteiger partial charge in [0.05, 0.1) is 22.6 Å². The van der Waals surface area contributed by atoms with Crippen molar-refractivity contribution in [3.63, 3.8) is 0 Å². The number of carbonyl (C=O) groups is 1. The molecule has 0 radical (unpaired) electrons. The molecule has 1 aliphatic heterocycles. The van der Waals surface area contributed by atoms with Crippen molar-refractivity contribution < 1.29 is 4.79 Å². The van der Waals surface area contributed by atoms with Gasteiger partial charge in [-0.1, -0.05) is 61.7 Å². The summed E-state index contributed by atoms with van der Waals surface area (Å²) in [5, 5.41) is 11.0. The van der Waals surface area contributed by atoms with E-state index in [-0.39, 0.29) is 16.9 Å². The average molecular weight is 536 g/mol. The SMILES string of the molecule is CC(NC(=O)c1c(N)nn2c1NCC=C2)c1nc2cccc(/C=C/C3CCCCC3)c2c(=O)n1-c1ccccc1. The number of nitrogens with two attached hydrogens (primary N) is 1. The van der Waals surface area contributed by atoms with Gasteiger partial charge < -0.3 is 16.4 Å². The van der Waals surface area contributed by atoms with Crippen molar-refractivity contribution in [2.45, 2.75) is 45.1 Å². The number of nitrogens with one attached hydrogen (secondary N) is 2. The molecule has 0 spiro atoms. The van der Waals surface area contributed by atoms with Crippen LogP contribution in [0.3, 0.4) is 0 Å². The first-order valence-corrected chi connectivity index (χ1v) is 13.9. The summed E-state index contributed by atoms with van der Waals surface area (Å²) in [4.78, 5) is 32.6. The Hall–Kier alpha value is -4.66. The van der Waals surface area contributed by atoms with Crippen molar-refractivity contribution in [2.75, 3.05) is 17.6 Å². The second-order valence-electron chi connectivity index (χ2n) is 10.5. The van der Waals surface area contributed by atoms with E-state index in [1.165, 1.54) is 32.1 Å². The van der Waals surface area contributed by atoms with E-state index in [0.717, 1.165) is 5.56 Å². The van der Waals surface area contributed by atoms with Crippen LogP contribution in [0.1, 0.15) is 66.8 Å². The number of fused-ring (bicyclic) bond motifs is 2. The fourth-order valence-corrected chi connectivity index (χ4v) is 5.69. The van der Waals surface area contributed by atoms with Crippen LogP contribution < -0.4 is 21.9 Å². The quantitative estimate of drug-likeness (QED) is 0.314. The van der Waals surface area contributed by atoms with E-state index in [0.29, 0.717) is 40.7 Å². The van der Waals surface area contributed by atoms with Crippen molar-refractivity contribution >= 4 is 40.7 Å². The number of aromatic nitrogens is 4. The second kappa shape index (κ2) is 10.8. The molecule has 2 aromatic carbocycles. The molecule has 204 valence electrons. The summed E-state index contributed by atoms with van der Waals surface area (Å²) in [7, 11) is 0. The lowest BCUT2D eigenvalue weighted by atomic mass is 9.88. The van der Waals surface area contributed by atoms with Crippen LogP contribution in [0.25, 0.3) is 28.9 Å². The fourth-order valence-electron chi connectivity index (χ4n) is 5.69. The van der Waals surface area contributed by atoms with Crippen LogP contribution in [-0.2, 0) is 0 Å². The van der Waals surface area contributed by atoms with Crippen LogP contribution in [0.5, 0.6) is 0 Å². The monoisotopic (exact) mass is 535 g/mol. The Balaban J connectivity index is 1.42. The summed E-state index contributed by atoms with van der Waals surface area (Å²) in [6, 6.07) is 14.5. The maximum Gasteiger partial charge on any atom is 0.266 e. The number of para-hydroxylation sites is 1. The van der Waals surface area contributed by atoms with E-state index in [4.69, 9.17) is 10.7 Å². The number of amides is 1. The molecule has 4 N–H and O–H groups in total. The molecule has 6 rings (SSSR count). The summed E-state index contributed by atoms with van der Waals surface area (Å²) in [5.41, 5.74) is 8.32. The number of anilines is 2. The van der Waals surface area contributed by atoms with Gasteiger partial charge in [-0.2, -0.15) is 0 Å². The number of hydrogen-bond acceptors (Lipinski definition) is 6. The molecule has 1 aliphatic carbocycles. The summed E-state index contributed by atoms with van der Waals surface area (Å²) in [5.74, 6) is 1.23. The fraction of sp³-hybridized carbons (Fsp3) is 0.290. The molecule has 1 unspecified atom stereocenters. The Morgan fingerprint density at radius 3 is 2.73 bits per heavy atom. The Kier molecular flexibility index (Phi) is 6.94. The molecule has 0 bridgehead atoms. The number of nitrogens with zero attached hydrogens (tertiary/aromatic N) is 4. The van der Waals surface area contributed by atoms with Crippen LogP contribution in [0.15, 0.2) is 65.5 Å². The van der Waals surface area contributed by atoms with Crippen LogP contribution in [0, 0.1) is 5.92 Å². The third-order valence-electron chi connectivity index (χ3n) is 7.70. The van der Waals surface area contributed by atoms with Gasteiger partial charge in [0, 0.05) is 12.7 Å². The molecule has 1 amide bonds. The molecule has 3 heterocycles. The summed E-state index contributed by atoms with van der Waals surface area (Å²) < 4.78 is 3.15. The number of nitrogen functional groups attached to an aromatic ring is 1. The van der Waals surface area contributed by atoms with Crippen molar-refractivity contribution in [3.05, 3.63) is 88.0 Å². The highest BCUT2D eigenvalue weighted by molar-refractivity contribution is 6.04. The van der Waals surface area contributed by atoms with Gasteiger partial charge in [-0.3, -0.25) is 14.2 Å². The van der Waals surface area contributed by atoms with E-state index in [1.54, 1.807) is 15.4 Å². The van der Waals surface area contributed by atoms with Crippen LogP contribution in [-0.4, -0.2) is 31.8 Å². The molecule has 1 fully saturated rings. The van der Waals surface area contributed by atoms with Gasteiger partial charge in [0.15, 0.2) is 5.82 Å². The van der Waals surface area contributed by atoms with Gasteiger partial charge >= 0.3 is 0 Å². The summed E-state index contributed by atoms with van der Waals surface area (Å²) in [6.07, 6.45) is 14.2. The minimum atomic E-state index is -0.611. The highest BCUT2D eigenvalue weighted by atomic mass is 16.2. The van der Waals surface area contributed by atoms with Crippen LogP contribution in [0.2, 0.25) is 0 Å². The number of rotatable bonds is 6. The minimum Gasteiger partial charge on any atom is -0.381 e. The highest BCUT2D eigenvalue weighted by Crippen LogP contribution is 2.28. The summed E-state index contributed by atoms with van der Waals surface area (Å²) in [6.45, 7) is 2.38. The van der Waals surface area contributed by atoms with E-state index in [2.05, 4.69) is 27.9 Å². The largest absolute Gasteiger partial charge is 0.381 e. The van der Waals surface area contributed by atoms with E-state index in [1.807, 2.05) is 61.5 Å². The average Bonchev–Trinajstić information content (AvgIpc) is 3.32. The first-order chi connectivity index (χ1) is 19.5. The van der Waals surface area contributed by atoms with E-state index >= 15 is 0 Å². The number of hydrogen-bond donors (Lipinski definition) is 3. The first kappa shape index (κ1) is 25.6. The smallest absolute Gasteiger partial charge is 0.266 e. The topological polar surface area (TPSA) is 120 Å². The third kappa shape index (κ3) is 4.79. The van der Waals surface area contributed by atoms with Crippen molar-refractivity contribution in [2.24, 2.45) is 5.92 Å². The zero-order valence-corrected chi connectivity index (χ0v) is 22.5. The van der Waals surface area contributed by atoms with Crippen molar-refractivity contribution in [1.29, 1.82) is 0 Å². The normalized spacial score (nSPS) is 16.1. The minimum absolute atomic E-state index is 0.125. The molecule has 40 heavy (non-hydrogen) atoms. The predicted molar refractivity (Wildman–Crippen MR) is 159 cm³/mol. The van der Waals surface area contributed by atoms with Gasteiger partial charge in [-0.25, -0.2) is 9.67 Å². The maximum absolute atomic E-state index is 14.2. The maximum atomic E-state index is 14.2. The molecule has 9 nitrogen and oxygen atoms in total. The zero-order chi connectivity index (χ0) is 27.6. The van der Waals surface area contributed by atoms with Crippen LogP contribution in [0.4, 0.5) is 11.6 Å². The number of benzene rings is 2.